The maximum atomic E-state index is 12.6. The summed E-state index contributed by atoms with van der Waals surface area (Å²) in [4.78, 5) is 3.12. The van der Waals surface area contributed by atoms with E-state index in [2.05, 4.69) is 4.98 Å². The van der Waals surface area contributed by atoms with Crippen LogP contribution in [0, 0.1) is 0 Å². The standard InChI is InChI=1S/C7H6F4N2/c8-6(9)7(10,11)5-3-4(12)1-2-13-5/h1-3,6H,(H2,12,13). The van der Waals surface area contributed by atoms with E-state index in [0.29, 0.717) is 0 Å². The number of hydrogen-bond acceptors (Lipinski definition) is 2. The lowest BCUT2D eigenvalue weighted by atomic mass is 10.2. The molecule has 0 fully saturated rings. The zero-order chi connectivity index (χ0) is 10.1. The minimum Gasteiger partial charge on any atom is -0.399 e. The molecule has 0 saturated carbocycles. The third-order valence-electron chi connectivity index (χ3n) is 1.40. The van der Waals surface area contributed by atoms with Crippen molar-refractivity contribution in [3.63, 3.8) is 0 Å². The molecule has 1 aromatic rings. The second-order valence-electron chi connectivity index (χ2n) is 2.40. The Labute approximate surface area is 71.4 Å². The number of anilines is 1. The van der Waals surface area contributed by atoms with Crippen molar-refractivity contribution in [2.75, 3.05) is 5.73 Å². The second-order valence-corrected chi connectivity index (χ2v) is 2.40. The Bertz CT molecular complexity index is 300. The van der Waals surface area contributed by atoms with Gasteiger partial charge in [0.25, 0.3) is 0 Å². The van der Waals surface area contributed by atoms with Crippen LogP contribution in [0.4, 0.5) is 23.2 Å². The first-order valence-electron chi connectivity index (χ1n) is 3.32. The van der Waals surface area contributed by atoms with Crippen molar-refractivity contribution in [3.05, 3.63) is 24.0 Å². The van der Waals surface area contributed by atoms with Gasteiger partial charge in [0.15, 0.2) is 0 Å². The van der Waals surface area contributed by atoms with Crippen LogP contribution in [0.1, 0.15) is 5.69 Å². The monoisotopic (exact) mass is 194 g/mol. The van der Waals surface area contributed by atoms with Crippen molar-refractivity contribution in [1.82, 2.24) is 4.98 Å². The molecule has 0 aliphatic carbocycles. The number of nitrogen functional groups attached to an aromatic ring is 1. The zero-order valence-corrected chi connectivity index (χ0v) is 6.35. The summed E-state index contributed by atoms with van der Waals surface area (Å²) in [6.45, 7) is 0. The van der Waals surface area contributed by atoms with E-state index in [1.165, 1.54) is 6.07 Å². The average molecular weight is 194 g/mol. The molecule has 1 heterocycles. The van der Waals surface area contributed by atoms with Gasteiger partial charge in [0.2, 0.25) is 0 Å². The van der Waals surface area contributed by atoms with Crippen molar-refractivity contribution in [2.45, 2.75) is 12.3 Å². The molecular weight excluding hydrogens is 188 g/mol. The highest BCUT2D eigenvalue weighted by molar-refractivity contribution is 5.38. The van der Waals surface area contributed by atoms with E-state index in [-0.39, 0.29) is 5.69 Å². The number of aromatic nitrogens is 1. The molecule has 0 unspecified atom stereocenters. The fourth-order valence-corrected chi connectivity index (χ4v) is 0.741. The Morgan fingerprint density at radius 2 is 2.00 bits per heavy atom. The van der Waals surface area contributed by atoms with Crippen molar-refractivity contribution in [1.29, 1.82) is 0 Å². The second kappa shape index (κ2) is 3.20. The van der Waals surface area contributed by atoms with E-state index in [9.17, 15) is 17.6 Å². The van der Waals surface area contributed by atoms with Crippen molar-refractivity contribution >= 4 is 5.69 Å². The number of hydrogen-bond donors (Lipinski definition) is 1. The van der Waals surface area contributed by atoms with Crippen molar-refractivity contribution < 1.29 is 17.6 Å². The van der Waals surface area contributed by atoms with Crippen LogP contribution < -0.4 is 5.73 Å². The molecule has 1 rings (SSSR count). The number of halogens is 4. The summed E-state index contributed by atoms with van der Waals surface area (Å²) in [7, 11) is 0. The minimum absolute atomic E-state index is 0.0228. The molecule has 0 aliphatic rings. The molecular formula is C7H6F4N2. The normalized spacial score (nSPS) is 12.1. The Morgan fingerprint density at radius 3 is 2.46 bits per heavy atom. The van der Waals surface area contributed by atoms with Crippen LogP contribution in [0.5, 0.6) is 0 Å². The molecule has 0 amide bonds. The van der Waals surface area contributed by atoms with E-state index in [1.807, 2.05) is 0 Å². The lowest BCUT2D eigenvalue weighted by Crippen LogP contribution is -2.24. The Balaban J connectivity index is 3.07. The van der Waals surface area contributed by atoms with Gasteiger partial charge in [0.05, 0.1) is 0 Å². The van der Waals surface area contributed by atoms with E-state index < -0.39 is 18.0 Å². The largest absolute Gasteiger partial charge is 0.399 e. The van der Waals surface area contributed by atoms with E-state index >= 15 is 0 Å². The van der Waals surface area contributed by atoms with E-state index in [1.54, 1.807) is 0 Å². The molecule has 0 spiro atoms. The van der Waals surface area contributed by atoms with E-state index in [4.69, 9.17) is 5.73 Å². The minimum atomic E-state index is -4.24. The molecule has 0 aromatic carbocycles. The zero-order valence-electron chi connectivity index (χ0n) is 6.35. The molecule has 13 heavy (non-hydrogen) atoms. The fraction of sp³-hybridized carbons (Fsp3) is 0.286. The van der Waals surface area contributed by atoms with Crippen LogP contribution in [0.25, 0.3) is 0 Å². The highest BCUT2D eigenvalue weighted by Crippen LogP contribution is 2.33. The van der Waals surface area contributed by atoms with E-state index in [0.717, 1.165) is 12.3 Å². The first-order valence-corrected chi connectivity index (χ1v) is 3.32. The molecule has 0 aliphatic heterocycles. The predicted octanol–water partition coefficient (Wildman–Crippen LogP) is 2.02. The van der Waals surface area contributed by atoms with Gasteiger partial charge in [-0.05, 0) is 12.1 Å². The molecule has 0 radical (unpaired) electrons. The number of nitrogens with zero attached hydrogens (tertiary/aromatic N) is 1. The van der Waals surface area contributed by atoms with Gasteiger partial charge in [-0.2, -0.15) is 8.78 Å². The molecule has 0 saturated heterocycles. The average Bonchev–Trinajstić information content (AvgIpc) is 2.04. The summed E-state index contributed by atoms with van der Waals surface area (Å²) < 4.78 is 48.8. The summed E-state index contributed by atoms with van der Waals surface area (Å²) in [5.74, 6) is -4.24. The molecule has 0 bridgehead atoms. The lowest BCUT2D eigenvalue weighted by Gasteiger charge is -2.14. The Morgan fingerprint density at radius 1 is 1.38 bits per heavy atom. The van der Waals surface area contributed by atoms with Crippen LogP contribution in [-0.2, 0) is 5.92 Å². The number of nitrogens with two attached hydrogens (primary N) is 1. The van der Waals surface area contributed by atoms with Crippen LogP contribution in [0.2, 0.25) is 0 Å². The summed E-state index contributed by atoms with van der Waals surface area (Å²) in [6.07, 6.45) is -2.82. The number of pyridine rings is 1. The smallest absolute Gasteiger partial charge is 0.349 e. The Kier molecular flexibility index (Phi) is 2.40. The van der Waals surface area contributed by atoms with Gasteiger partial charge in [-0.1, -0.05) is 0 Å². The SMILES string of the molecule is Nc1ccnc(C(F)(F)C(F)F)c1. The van der Waals surface area contributed by atoms with Crippen LogP contribution in [0.3, 0.4) is 0 Å². The van der Waals surface area contributed by atoms with Gasteiger partial charge in [-0.25, -0.2) is 8.78 Å². The van der Waals surface area contributed by atoms with Crippen LogP contribution in [-0.4, -0.2) is 11.4 Å². The first kappa shape index (κ1) is 9.76. The summed E-state index contributed by atoms with van der Waals surface area (Å²) in [5.41, 5.74) is 4.10. The highest BCUT2D eigenvalue weighted by atomic mass is 19.3. The maximum Gasteiger partial charge on any atom is 0.349 e. The number of alkyl halides is 4. The lowest BCUT2D eigenvalue weighted by molar-refractivity contribution is -0.137. The molecule has 2 N–H and O–H groups in total. The summed E-state index contributed by atoms with van der Waals surface area (Å²) in [6, 6.07) is 1.97. The molecule has 1 aromatic heterocycles. The third kappa shape index (κ3) is 1.88. The fourth-order valence-electron chi connectivity index (χ4n) is 0.741. The predicted molar refractivity (Wildman–Crippen MR) is 38.5 cm³/mol. The third-order valence-corrected chi connectivity index (χ3v) is 1.40. The summed E-state index contributed by atoms with van der Waals surface area (Å²) in [5, 5.41) is 0. The highest BCUT2D eigenvalue weighted by Gasteiger charge is 2.44. The quantitative estimate of drug-likeness (QED) is 0.731. The van der Waals surface area contributed by atoms with Crippen molar-refractivity contribution in [2.24, 2.45) is 0 Å². The maximum absolute atomic E-state index is 12.6. The van der Waals surface area contributed by atoms with Crippen LogP contribution >= 0.6 is 0 Å². The Hall–Kier alpha value is -1.33. The van der Waals surface area contributed by atoms with Gasteiger partial charge in [0, 0.05) is 11.9 Å². The molecule has 0 atom stereocenters. The molecule has 72 valence electrons. The van der Waals surface area contributed by atoms with Gasteiger partial charge >= 0.3 is 12.3 Å². The molecule has 6 heteroatoms. The number of rotatable bonds is 2. The topological polar surface area (TPSA) is 38.9 Å². The van der Waals surface area contributed by atoms with Gasteiger partial charge in [0.1, 0.15) is 5.69 Å². The van der Waals surface area contributed by atoms with Gasteiger partial charge in [-0.15, -0.1) is 0 Å². The molecule has 2 nitrogen and oxygen atoms in total. The van der Waals surface area contributed by atoms with Crippen molar-refractivity contribution in [3.8, 4) is 0 Å². The first-order chi connectivity index (χ1) is 5.94. The van der Waals surface area contributed by atoms with Crippen LogP contribution in [0.15, 0.2) is 18.3 Å². The van der Waals surface area contributed by atoms with Gasteiger partial charge < -0.3 is 5.73 Å². The van der Waals surface area contributed by atoms with Gasteiger partial charge in [-0.3, -0.25) is 4.98 Å². The summed E-state index contributed by atoms with van der Waals surface area (Å²) >= 11 is 0.